The number of methoxy groups -OCH3 is 1. The summed E-state index contributed by atoms with van der Waals surface area (Å²) in [6.07, 6.45) is 2.14. The van der Waals surface area contributed by atoms with Crippen LogP contribution in [0.5, 0.6) is 0 Å². The summed E-state index contributed by atoms with van der Waals surface area (Å²) in [6, 6.07) is 13.1. The Balaban J connectivity index is 2.31. The van der Waals surface area contributed by atoms with Crippen molar-refractivity contribution in [3.05, 3.63) is 69.9 Å². The van der Waals surface area contributed by atoms with Crippen LogP contribution in [-0.2, 0) is 17.7 Å². The number of benzene rings is 2. The van der Waals surface area contributed by atoms with E-state index in [1.165, 1.54) is 7.11 Å². The monoisotopic (exact) mass is 397 g/mol. The molecular weight excluding hydrogens is 374 g/mol. The summed E-state index contributed by atoms with van der Waals surface area (Å²) >= 11 is 6.39. The van der Waals surface area contributed by atoms with Crippen LogP contribution < -0.4 is 0 Å². The van der Waals surface area contributed by atoms with E-state index < -0.39 is 5.97 Å². The molecule has 28 heavy (non-hydrogen) atoms. The molecule has 0 aliphatic rings. The van der Waals surface area contributed by atoms with Crippen molar-refractivity contribution in [2.24, 2.45) is 0 Å². The number of hydrogen-bond donors (Lipinski definition) is 0. The molecule has 3 rings (SSSR count). The van der Waals surface area contributed by atoms with Crippen LogP contribution in [0, 0.1) is 0 Å². The van der Waals surface area contributed by atoms with Gasteiger partial charge in [-0.1, -0.05) is 56.1 Å². The van der Waals surface area contributed by atoms with E-state index in [9.17, 15) is 9.59 Å². The lowest BCUT2D eigenvalue weighted by atomic mass is 10.0. The number of hydrogen-bond acceptors (Lipinski definition) is 3. The minimum absolute atomic E-state index is 0.0892. The van der Waals surface area contributed by atoms with Gasteiger partial charge in [-0.05, 0) is 35.7 Å². The van der Waals surface area contributed by atoms with E-state index in [-0.39, 0.29) is 5.78 Å². The zero-order chi connectivity index (χ0) is 20.3. The first-order valence-corrected chi connectivity index (χ1v) is 9.89. The minimum atomic E-state index is -0.396. The SMILES string of the molecule is CCCc1c(C(=O)CC)n(Cc2ccccc2Cl)c2cc(C(=O)OC)ccc12. The second-order valence-electron chi connectivity index (χ2n) is 6.75. The molecule has 0 bridgehead atoms. The number of ether oxygens (including phenoxy) is 1. The lowest BCUT2D eigenvalue weighted by Gasteiger charge is -2.12. The summed E-state index contributed by atoms with van der Waals surface area (Å²) in [5.74, 6) is -0.306. The topological polar surface area (TPSA) is 48.3 Å². The van der Waals surface area contributed by atoms with Crippen LogP contribution in [-0.4, -0.2) is 23.4 Å². The summed E-state index contributed by atoms with van der Waals surface area (Å²) < 4.78 is 6.88. The van der Waals surface area contributed by atoms with E-state index in [4.69, 9.17) is 16.3 Å². The van der Waals surface area contributed by atoms with Crippen LogP contribution >= 0.6 is 11.6 Å². The Morgan fingerprint density at radius 1 is 1.11 bits per heavy atom. The van der Waals surface area contributed by atoms with Crippen LogP contribution in [0.15, 0.2) is 42.5 Å². The normalized spacial score (nSPS) is 11.0. The summed E-state index contributed by atoms with van der Waals surface area (Å²) in [5, 5.41) is 1.65. The highest BCUT2D eigenvalue weighted by Crippen LogP contribution is 2.31. The summed E-state index contributed by atoms with van der Waals surface area (Å²) in [6.45, 7) is 4.43. The molecule has 0 aliphatic carbocycles. The van der Waals surface area contributed by atoms with Gasteiger partial charge in [-0.2, -0.15) is 0 Å². The standard InChI is InChI=1S/C23H24ClNO3/c1-4-8-18-17-12-11-15(23(27)28-3)13-20(17)25(22(18)21(26)5-2)14-16-9-6-7-10-19(16)24/h6-7,9-13H,4-5,8,14H2,1-3H3. The van der Waals surface area contributed by atoms with Gasteiger partial charge in [-0.3, -0.25) is 4.79 Å². The lowest BCUT2D eigenvalue weighted by Crippen LogP contribution is -2.12. The van der Waals surface area contributed by atoms with Crippen molar-refractivity contribution in [2.45, 2.75) is 39.7 Å². The number of esters is 1. The second-order valence-corrected chi connectivity index (χ2v) is 7.16. The van der Waals surface area contributed by atoms with Crippen molar-refractivity contribution in [2.75, 3.05) is 7.11 Å². The van der Waals surface area contributed by atoms with Gasteiger partial charge in [0.05, 0.1) is 23.9 Å². The van der Waals surface area contributed by atoms with E-state index in [0.717, 1.165) is 34.9 Å². The molecule has 4 nitrogen and oxygen atoms in total. The average Bonchev–Trinajstić information content (AvgIpc) is 3.01. The number of nitrogens with zero attached hydrogens (tertiary/aromatic N) is 1. The van der Waals surface area contributed by atoms with Gasteiger partial charge < -0.3 is 9.30 Å². The third kappa shape index (κ3) is 3.69. The predicted molar refractivity (Wildman–Crippen MR) is 112 cm³/mol. The molecule has 5 heteroatoms. The Labute approximate surface area is 170 Å². The van der Waals surface area contributed by atoms with E-state index in [1.54, 1.807) is 6.07 Å². The molecule has 1 aromatic heterocycles. The maximum absolute atomic E-state index is 12.9. The Morgan fingerprint density at radius 3 is 2.50 bits per heavy atom. The summed E-state index contributed by atoms with van der Waals surface area (Å²) in [7, 11) is 1.36. The van der Waals surface area contributed by atoms with Gasteiger partial charge in [-0.15, -0.1) is 0 Å². The Bertz CT molecular complexity index is 1040. The number of Topliss-reactive ketones (excluding diaryl/α,β-unsaturated/α-hetero) is 1. The molecule has 0 radical (unpaired) electrons. The summed E-state index contributed by atoms with van der Waals surface area (Å²) in [5.41, 5.74) is 3.99. The van der Waals surface area contributed by atoms with E-state index in [1.807, 2.05) is 47.9 Å². The first-order chi connectivity index (χ1) is 13.5. The van der Waals surface area contributed by atoms with Crippen LogP contribution in [0.1, 0.15) is 58.7 Å². The molecular formula is C23H24ClNO3. The second kappa shape index (κ2) is 8.61. The van der Waals surface area contributed by atoms with Crippen molar-refractivity contribution in [3.63, 3.8) is 0 Å². The first-order valence-electron chi connectivity index (χ1n) is 9.51. The molecule has 0 unspecified atom stereocenters. The molecule has 0 spiro atoms. The molecule has 0 N–H and O–H groups in total. The fourth-order valence-corrected chi connectivity index (χ4v) is 3.81. The molecule has 0 amide bonds. The molecule has 0 fully saturated rings. The van der Waals surface area contributed by atoms with Crippen molar-refractivity contribution in [1.82, 2.24) is 4.57 Å². The van der Waals surface area contributed by atoms with Crippen LogP contribution in [0.2, 0.25) is 5.02 Å². The van der Waals surface area contributed by atoms with E-state index in [0.29, 0.717) is 29.2 Å². The highest BCUT2D eigenvalue weighted by molar-refractivity contribution is 6.31. The molecule has 0 saturated heterocycles. The maximum atomic E-state index is 12.9. The fraction of sp³-hybridized carbons (Fsp3) is 0.304. The number of ketones is 1. The van der Waals surface area contributed by atoms with Crippen LogP contribution in [0.25, 0.3) is 10.9 Å². The fourth-order valence-electron chi connectivity index (χ4n) is 3.62. The maximum Gasteiger partial charge on any atom is 0.337 e. The smallest absolute Gasteiger partial charge is 0.337 e. The average molecular weight is 398 g/mol. The van der Waals surface area contributed by atoms with Gasteiger partial charge in [-0.25, -0.2) is 4.79 Å². The van der Waals surface area contributed by atoms with Crippen molar-refractivity contribution in [1.29, 1.82) is 0 Å². The number of carbonyl (C=O) groups is 2. The van der Waals surface area contributed by atoms with Gasteiger partial charge in [0.15, 0.2) is 5.78 Å². The number of aryl methyl sites for hydroxylation is 1. The Hall–Kier alpha value is -2.59. The number of halogens is 1. The largest absolute Gasteiger partial charge is 0.465 e. The highest BCUT2D eigenvalue weighted by Gasteiger charge is 2.23. The predicted octanol–water partition coefficient (Wildman–Crippen LogP) is 5.67. The van der Waals surface area contributed by atoms with Gasteiger partial charge in [0.2, 0.25) is 0 Å². The van der Waals surface area contributed by atoms with Crippen molar-refractivity contribution in [3.8, 4) is 0 Å². The van der Waals surface area contributed by atoms with Gasteiger partial charge in [0.1, 0.15) is 0 Å². The molecule has 2 aromatic carbocycles. The number of aromatic nitrogens is 1. The van der Waals surface area contributed by atoms with E-state index >= 15 is 0 Å². The molecule has 3 aromatic rings. The zero-order valence-corrected chi connectivity index (χ0v) is 17.2. The third-order valence-corrected chi connectivity index (χ3v) is 5.33. The zero-order valence-electron chi connectivity index (χ0n) is 16.4. The minimum Gasteiger partial charge on any atom is -0.465 e. The van der Waals surface area contributed by atoms with Gasteiger partial charge in [0.25, 0.3) is 0 Å². The molecule has 0 aliphatic heterocycles. The quantitative estimate of drug-likeness (QED) is 0.381. The Kier molecular flexibility index (Phi) is 6.20. The number of fused-ring (bicyclic) bond motifs is 1. The molecule has 0 saturated carbocycles. The van der Waals surface area contributed by atoms with Gasteiger partial charge >= 0.3 is 5.97 Å². The number of carbonyl (C=O) groups excluding carboxylic acids is 2. The lowest BCUT2D eigenvalue weighted by molar-refractivity contribution is 0.0600. The molecule has 0 atom stereocenters. The highest BCUT2D eigenvalue weighted by atomic mass is 35.5. The van der Waals surface area contributed by atoms with Crippen molar-refractivity contribution >= 4 is 34.3 Å². The molecule has 1 heterocycles. The third-order valence-electron chi connectivity index (χ3n) is 4.96. The van der Waals surface area contributed by atoms with Crippen LogP contribution in [0.4, 0.5) is 0 Å². The molecule has 146 valence electrons. The summed E-state index contributed by atoms with van der Waals surface area (Å²) in [4.78, 5) is 25.0. The van der Waals surface area contributed by atoms with Crippen molar-refractivity contribution < 1.29 is 14.3 Å². The van der Waals surface area contributed by atoms with Crippen LogP contribution in [0.3, 0.4) is 0 Å². The van der Waals surface area contributed by atoms with E-state index in [2.05, 4.69) is 6.92 Å². The van der Waals surface area contributed by atoms with Gasteiger partial charge in [0, 0.05) is 23.4 Å². The first kappa shape index (κ1) is 20.2. The Morgan fingerprint density at radius 2 is 1.86 bits per heavy atom. The number of rotatable bonds is 7.